The summed E-state index contributed by atoms with van der Waals surface area (Å²) in [6.45, 7) is 1.84. The van der Waals surface area contributed by atoms with E-state index in [1.54, 1.807) is 7.11 Å². The van der Waals surface area contributed by atoms with Gasteiger partial charge in [-0.3, -0.25) is 0 Å². The maximum Gasteiger partial charge on any atom is 0.334 e. The van der Waals surface area contributed by atoms with Gasteiger partial charge in [-0.15, -0.1) is 0 Å². The van der Waals surface area contributed by atoms with Gasteiger partial charge in [0, 0.05) is 6.42 Å². The summed E-state index contributed by atoms with van der Waals surface area (Å²) < 4.78 is 9.72. The fourth-order valence-corrected chi connectivity index (χ4v) is 0.890. The molecule has 0 fully saturated rings. The van der Waals surface area contributed by atoms with Gasteiger partial charge in [-0.05, 0) is 6.92 Å². The molecule has 56 valence electrons. The molecule has 1 aliphatic heterocycles. The second-order valence-electron chi connectivity index (χ2n) is 2.27. The van der Waals surface area contributed by atoms with E-state index in [9.17, 15) is 4.79 Å². The highest BCUT2D eigenvalue weighted by Crippen LogP contribution is 2.14. The predicted octanol–water partition coefficient (Wildman–Crippen LogP) is 0.852. The van der Waals surface area contributed by atoms with Gasteiger partial charge in [0.1, 0.15) is 11.9 Å². The van der Waals surface area contributed by atoms with Crippen LogP contribution in [-0.2, 0) is 14.3 Å². The van der Waals surface area contributed by atoms with E-state index < -0.39 is 0 Å². The van der Waals surface area contributed by atoms with Gasteiger partial charge in [-0.25, -0.2) is 4.79 Å². The molecule has 3 heteroatoms. The number of rotatable bonds is 1. The molecule has 10 heavy (non-hydrogen) atoms. The molecule has 0 saturated carbocycles. The fourth-order valence-electron chi connectivity index (χ4n) is 0.890. The molecule has 1 heterocycles. The third-order valence-electron chi connectivity index (χ3n) is 1.35. The van der Waals surface area contributed by atoms with Crippen molar-refractivity contribution in [2.45, 2.75) is 19.4 Å². The molecule has 1 rings (SSSR count). The van der Waals surface area contributed by atoms with Crippen LogP contribution in [0, 0.1) is 0 Å². The largest absolute Gasteiger partial charge is 0.501 e. The molecule has 0 spiro atoms. The first kappa shape index (κ1) is 7.12. The van der Waals surface area contributed by atoms with Gasteiger partial charge in [0.15, 0.2) is 0 Å². The predicted molar refractivity (Wildman–Crippen MR) is 35.3 cm³/mol. The van der Waals surface area contributed by atoms with Crippen molar-refractivity contribution < 1.29 is 14.3 Å². The Morgan fingerprint density at radius 1 is 1.80 bits per heavy atom. The van der Waals surface area contributed by atoms with Crippen LogP contribution in [0.5, 0.6) is 0 Å². The Balaban J connectivity index is 2.65. The van der Waals surface area contributed by atoms with E-state index in [-0.39, 0.29) is 12.1 Å². The lowest BCUT2D eigenvalue weighted by Crippen LogP contribution is -2.19. The summed E-state index contributed by atoms with van der Waals surface area (Å²) in [4.78, 5) is 10.7. The minimum atomic E-state index is -0.310. The van der Waals surface area contributed by atoms with Gasteiger partial charge >= 0.3 is 5.97 Å². The van der Waals surface area contributed by atoms with Crippen LogP contribution in [0.15, 0.2) is 11.8 Å². The van der Waals surface area contributed by atoms with Crippen LogP contribution in [-0.4, -0.2) is 19.2 Å². The summed E-state index contributed by atoms with van der Waals surface area (Å²) in [5.74, 6) is 0.388. The van der Waals surface area contributed by atoms with E-state index in [0.29, 0.717) is 12.2 Å². The van der Waals surface area contributed by atoms with E-state index in [4.69, 9.17) is 9.47 Å². The van der Waals surface area contributed by atoms with Crippen molar-refractivity contribution in [3.05, 3.63) is 11.8 Å². The topological polar surface area (TPSA) is 35.5 Å². The van der Waals surface area contributed by atoms with Gasteiger partial charge in [-0.1, -0.05) is 0 Å². The van der Waals surface area contributed by atoms with Crippen molar-refractivity contribution in [2.75, 3.05) is 7.11 Å². The minimum absolute atomic E-state index is 0.0487. The molecule has 0 aromatic heterocycles. The molecule has 0 radical (unpaired) electrons. The van der Waals surface area contributed by atoms with E-state index in [1.165, 1.54) is 6.08 Å². The van der Waals surface area contributed by atoms with Gasteiger partial charge in [0.2, 0.25) is 0 Å². The molecule has 0 aromatic rings. The molecular weight excluding hydrogens is 132 g/mol. The lowest BCUT2D eigenvalue weighted by molar-refractivity contribution is -0.144. The Morgan fingerprint density at radius 3 is 3.00 bits per heavy atom. The number of carbonyl (C=O) groups excluding carboxylic acids is 1. The number of carbonyl (C=O) groups is 1. The van der Waals surface area contributed by atoms with E-state index >= 15 is 0 Å². The van der Waals surface area contributed by atoms with E-state index in [0.717, 1.165) is 0 Å². The lowest BCUT2D eigenvalue weighted by atomic mass is 10.2. The Hall–Kier alpha value is -0.990. The smallest absolute Gasteiger partial charge is 0.334 e. The number of cyclic esters (lactones) is 1. The first-order valence-corrected chi connectivity index (χ1v) is 3.17. The molecule has 0 unspecified atom stereocenters. The molecule has 0 N–H and O–H groups in total. The zero-order valence-corrected chi connectivity index (χ0v) is 6.09. The Bertz CT molecular complexity index is 172. The summed E-state index contributed by atoms with van der Waals surface area (Å²) >= 11 is 0. The third kappa shape index (κ3) is 1.50. The third-order valence-corrected chi connectivity index (χ3v) is 1.35. The monoisotopic (exact) mass is 142 g/mol. The summed E-state index contributed by atoms with van der Waals surface area (Å²) in [7, 11) is 1.55. The van der Waals surface area contributed by atoms with E-state index in [1.807, 2.05) is 6.92 Å². The zero-order valence-electron chi connectivity index (χ0n) is 6.09. The summed E-state index contributed by atoms with van der Waals surface area (Å²) in [6, 6.07) is 0. The normalized spacial score (nSPS) is 25.2. The van der Waals surface area contributed by atoms with Crippen LogP contribution < -0.4 is 0 Å². The quantitative estimate of drug-likeness (QED) is 0.509. The van der Waals surface area contributed by atoms with Crippen molar-refractivity contribution >= 4 is 5.97 Å². The zero-order chi connectivity index (χ0) is 7.56. The molecule has 0 amide bonds. The average Bonchev–Trinajstić information content (AvgIpc) is 1.85. The van der Waals surface area contributed by atoms with Crippen LogP contribution >= 0.6 is 0 Å². The summed E-state index contributed by atoms with van der Waals surface area (Å²) in [6.07, 6.45) is 2.01. The molecule has 1 atom stereocenters. The maximum atomic E-state index is 10.7. The highest BCUT2D eigenvalue weighted by molar-refractivity contribution is 5.83. The molecule has 0 aromatic carbocycles. The number of methoxy groups -OCH3 is 1. The van der Waals surface area contributed by atoms with Crippen LogP contribution in [0.3, 0.4) is 0 Å². The highest BCUT2D eigenvalue weighted by atomic mass is 16.5. The number of hydrogen-bond acceptors (Lipinski definition) is 3. The summed E-state index contributed by atoms with van der Waals surface area (Å²) in [5.41, 5.74) is 0. The summed E-state index contributed by atoms with van der Waals surface area (Å²) in [5, 5.41) is 0. The Kier molecular flexibility index (Phi) is 1.94. The van der Waals surface area contributed by atoms with Gasteiger partial charge < -0.3 is 9.47 Å². The maximum absolute atomic E-state index is 10.7. The first-order valence-electron chi connectivity index (χ1n) is 3.17. The molecule has 0 bridgehead atoms. The molecule has 1 aliphatic rings. The molecular formula is C7H10O3. The van der Waals surface area contributed by atoms with Crippen molar-refractivity contribution in [1.82, 2.24) is 0 Å². The average molecular weight is 142 g/mol. The number of hydrogen-bond donors (Lipinski definition) is 0. The minimum Gasteiger partial charge on any atom is -0.501 e. The van der Waals surface area contributed by atoms with Crippen molar-refractivity contribution in [3.8, 4) is 0 Å². The van der Waals surface area contributed by atoms with Gasteiger partial charge in [0.05, 0.1) is 13.2 Å². The van der Waals surface area contributed by atoms with Crippen molar-refractivity contribution in [3.63, 3.8) is 0 Å². The van der Waals surface area contributed by atoms with Crippen LogP contribution in [0.4, 0.5) is 0 Å². The first-order chi connectivity index (χ1) is 4.72. The standard InChI is InChI=1S/C7H10O3/c1-5-3-6(9-2)4-7(8)10-5/h4-5H,3H2,1-2H3/t5-/m1/s1. The van der Waals surface area contributed by atoms with Crippen molar-refractivity contribution in [2.24, 2.45) is 0 Å². The second-order valence-corrected chi connectivity index (χ2v) is 2.27. The van der Waals surface area contributed by atoms with Crippen LogP contribution in [0.2, 0.25) is 0 Å². The van der Waals surface area contributed by atoms with Gasteiger partial charge in [0.25, 0.3) is 0 Å². The van der Waals surface area contributed by atoms with Crippen molar-refractivity contribution in [1.29, 1.82) is 0 Å². The molecule has 0 saturated heterocycles. The SMILES string of the molecule is COC1=CC(=O)O[C@H](C)C1. The fraction of sp³-hybridized carbons (Fsp3) is 0.571. The van der Waals surface area contributed by atoms with E-state index in [2.05, 4.69) is 0 Å². The van der Waals surface area contributed by atoms with Crippen LogP contribution in [0.1, 0.15) is 13.3 Å². The van der Waals surface area contributed by atoms with Gasteiger partial charge in [-0.2, -0.15) is 0 Å². The Labute approximate surface area is 59.6 Å². The molecule has 0 aliphatic carbocycles. The highest BCUT2D eigenvalue weighted by Gasteiger charge is 2.17. The second kappa shape index (κ2) is 2.73. The Morgan fingerprint density at radius 2 is 2.50 bits per heavy atom. The van der Waals surface area contributed by atoms with Crippen LogP contribution in [0.25, 0.3) is 0 Å². The number of esters is 1. The molecule has 3 nitrogen and oxygen atoms in total. The lowest BCUT2D eigenvalue weighted by Gasteiger charge is -2.17. The number of ether oxygens (including phenoxy) is 2.